The number of amides is 1. The number of nitrogens with one attached hydrogen (secondary N) is 1. The summed E-state index contributed by atoms with van der Waals surface area (Å²) in [7, 11) is 0. The third kappa shape index (κ3) is 4.89. The molecule has 4 heteroatoms. The topological polar surface area (TPSA) is 45.2 Å². The molecule has 0 bridgehead atoms. The highest BCUT2D eigenvalue weighted by atomic mass is 16.2. The molecule has 1 atom stereocenters. The molecule has 0 unspecified atom stereocenters. The summed E-state index contributed by atoms with van der Waals surface area (Å²) >= 11 is 0. The molecular formula is C19H25N3O. The van der Waals surface area contributed by atoms with E-state index in [1.807, 2.05) is 48.5 Å². The second-order valence-electron chi connectivity index (χ2n) is 5.40. The van der Waals surface area contributed by atoms with Gasteiger partial charge in [-0.15, -0.1) is 0 Å². The van der Waals surface area contributed by atoms with Crippen molar-refractivity contribution in [1.82, 2.24) is 15.2 Å². The SMILES string of the molecule is CCN(CC)[C@H](C(=O)NCCc1ccccn1)c1ccccc1. The first kappa shape index (κ1) is 17.2. The van der Waals surface area contributed by atoms with Crippen LogP contribution in [0.15, 0.2) is 54.7 Å². The molecule has 0 aliphatic carbocycles. The maximum atomic E-state index is 12.7. The van der Waals surface area contributed by atoms with Crippen LogP contribution in [0.5, 0.6) is 0 Å². The normalized spacial score (nSPS) is 12.1. The predicted octanol–water partition coefficient (Wildman–Crippen LogP) is 2.82. The summed E-state index contributed by atoms with van der Waals surface area (Å²) in [5, 5.41) is 3.06. The Morgan fingerprint density at radius 1 is 1.09 bits per heavy atom. The maximum absolute atomic E-state index is 12.7. The Kier molecular flexibility index (Phi) is 6.76. The minimum Gasteiger partial charge on any atom is -0.354 e. The van der Waals surface area contributed by atoms with E-state index in [-0.39, 0.29) is 11.9 Å². The molecular weight excluding hydrogens is 286 g/mol. The van der Waals surface area contributed by atoms with E-state index >= 15 is 0 Å². The smallest absolute Gasteiger partial charge is 0.241 e. The molecule has 2 rings (SSSR count). The summed E-state index contributed by atoms with van der Waals surface area (Å²) in [6.07, 6.45) is 2.52. The van der Waals surface area contributed by atoms with Gasteiger partial charge in [0.15, 0.2) is 0 Å². The van der Waals surface area contributed by atoms with E-state index < -0.39 is 0 Å². The lowest BCUT2D eigenvalue weighted by molar-refractivity contribution is -0.126. The highest BCUT2D eigenvalue weighted by Gasteiger charge is 2.25. The molecule has 1 heterocycles. The van der Waals surface area contributed by atoms with Gasteiger partial charge in [-0.25, -0.2) is 0 Å². The van der Waals surface area contributed by atoms with Crippen LogP contribution in [0.2, 0.25) is 0 Å². The van der Waals surface area contributed by atoms with Crippen molar-refractivity contribution in [2.75, 3.05) is 19.6 Å². The first-order valence-corrected chi connectivity index (χ1v) is 8.22. The monoisotopic (exact) mass is 311 g/mol. The molecule has 0 saturated heterocycles. The summed E-state index contributed by atoms with van der Waals surface area (Å²) in [6.45, 7) is 6.44. The number of likely N-dealkylation sites (N-methyl/N-ethyl adjacent to an activating group) is 1. The van der Waals surface area contributed by atoms with Gasteiger partial charge in [0, 0.05) is 24.9 Å². The van der Waals surface area contributed by atoms with E-state index in [1.54, 1.807) is 6.20 Å². The maximum Gasteiger partial charge on any atom is 0.241 e. The Bertz CT molecular complexity index is 582. The zero-order valence-corrected chi connectivity index (χ0v) is 13.9. The van der Waals surface area contributed by atoms with Crippen molar-refractivity contribution >= 4 is 5.91 Å². The van der Waals surface area contributed by atoms with Gasteiger partial charge in [-0.2, -0.15) is 0 Å². The number of pyridine rings is 1. The quantitative estimate of drug-likeness (QED) is 0.815. The molecule has 0 aliphatic rings. The van der Waals surface area contributed by atoms with Gasteiger partial charge in [0.05, 0.1) is 0 Å². The van der Waals surface area contributed by atoms with Crippen LogP contribution < -0.4 is 5.32 Å². The van der Waals surface area contributed by atoms with E-state index in [0.717, 1.165) is 30.8 Å². The molecule has 0 spiro atoms. The van der Waals surface area contributed by atoms with Gasteiger partial charge < -0.3 is 5.32 Å². The molecule has 2 aromatic rings. The molecule has 122 valence electrons. The van der Waals surface area contributed by atoms with Gasteiger partial charge in [-0.1, -0.05) is 50.2 Å². The summed E-state index contributed by atoms with van der Waals surface area (Å²) in [5.74, 6) is 0.0517. The summed E-state index contributed by atoms with van der Waals surface area (Å²) in [6, 6.07) is 15.6. The summed E-state index contributed by atoms with van der Waals surface area (Å²) in [5.41, 5.74) is 2.03. The molecule has 1 N–H and O–H groups in total. The molecule has 1 amide bonds. The largest absolute Gasteiger partial charge is 0.354 e. The van der Waals surface area contributed by atoms with Crippen LogP contribution in [-0.4, -0.2) is 35.4 Å². The highest BCUT2D eigenvalue weighted by molar-refractivity contribution is 5.83. The number of benzene rings is 1. The molecule has 4 nitrogen and oxygen atoms in total. The fourth-order valence-corrected chi connectivity index (χ4v) is 2.71. The van der Waals surface area contributed by atoms with Crippen molar-refractivity contribution < 1.29 is 4.79 Å². The van der Waals surface area contributed by atoms with Gasteiger partial charge in [0.2, 0.25) is 5.91 Å². The zero-order valence-electron chi connectivity index (χ0n) is 13.9. The van der Waals surface area contributed by atoms with E-state index in [1.165, 1.54) is 0 Å². The highest BCUT2D eigenvalue weighted by Crippen LogP contribution is 2.20. The lowest BCUT2D eigenvalue weighted by Crippen LogP contribution is -2.41. The lowest BCUT2D eigenvalue weighted by atomic mass is 10.0. The van der Waals surface area contributed by atoms with E-state index in [0.29, 0.717) is 6.54 Å². The van der Waals surface area contributed by atoms with Crippen molar-refractivity contribution in [3.05, 3.63) is 66.0 Å². The van der Waals surface area contributed by atoms with E-state index in [4.69, 9.17) is 0 Å². The number of hydrogen-bond donors (Lipinski definition) is 1. The third-order valence-corrected chi connectivity index (χ3v) is 3.95. The number of nitrogens with zero attached hydrogens (tertiary/aromatic N) is 2. The Balaban J connectivity index is 2.02. The minimum absolute atomic E-state index is 0.0517. The second kappa shape index (κ2) is 9.06. The Morgan fingerprint density at radius 3 is 2.39 bits per heavy atom. The molecule has 23 heavy (non-hydrogen) atoms. The number of hydrogen-bond acceptors (Lipinski definition) is 3. The van der Waals surface area contributed by atoms with Crippen LogP contribution in [-0.2, 0) is 11.2 Å². The molecule has 1 aromatic heterocycles. The van der Waals surface area contributed by atoms with Crippen molar-refractivity contribution in [3.63, 3.8) is 0 Å². The zero-order chi connectivity index (χ0) is 16.5. The molecule has 0 saturated carbocycles. The Labute approximate surface area is 138 Å². The fourth-order valence-electron chi connectivity index (χ4n) is 2.71. The van der Waals surface area contributed by atoms with Crippen molar-refractivity contribution in [3.8, 4) is 0 Å². The predicted molar refractivity (Wildman–Crippen MR) is 93.1 cm³/mol. The van der Waals surface area contributed by atoms with Crippen LogP contribution in [0.4, 0.5) is 0 Å². The average Bonchev–Trinajstić information content (AvgIpc) is 2.61. The summed E-state index contributed by atoms with van der Waals surface area (Å²) < 4.78 is 0. The van der Waals surface area contributed by atoms with Crippen molar-refractivity contribution in [2.45, 2.75) is 26.3 Å². The number of rotatable bonds is 8. The van der Waals surface area contributed by atoms with E-state index in [9.17, 15) is 4.79 Å². The Hall–Kier alpha value is -2.20. The number of carbonyl (C=O) groups excluding carboxylic acids is 1. The standard InChI is InChI=1S/C19H25N3O/c1-3-22(4-2)18(16-10-6-5-7-11-16)19(23)21-15-13-17-12-8-9-14-20-17/h5-12,14,18H,3-4,13,15H2,1-2H3,(H,21,23)/t18-/m0/s1. The number of aromatic nitrogens is 1. The third-order valence-electron chi connectivity index (χ3n) is 3.95. The first-order chi connectivity index (χ1) is 11.3. The summed E-state index contributed by atoms with van der Waals surface area (Å²) in [4.78, 5) is 19.2. The number of carbonyl (C=O) groups is 1. The van der Waals surface area contributed by atoms with Gasteiger partial charge in [-0.3, -0.25) is 14.7 Å². The molecule has 0 radical (unpaired) electrons. The Morgan fingerprint density at radius 2 is 1.78 bits per heavy atom. The van der Waals surface area contributed by atoms with Gasteiger partial charge in [0.25, 0.3) is 0 Å². The van der Waals surface area contributed by atoms with Crippen molar-refractivity contribution in [1.29, 1.82) is 0 Å². The molecule has 0 fully saturated rings. The molecule has 0 aliphatic heterocycles. The van der Waals surface area contributed by atoms with Crippen LogP contribution >= 0.6 is 0 Å². The van der Waals surface area contributed by atoms with Gasteiger partial charge in [-0.05, 0) is 30.8 Å². The van der Waals surface area contributed by atoms with Crippen LogP contribution in [0.1, 0.15) is 31.1 Å². The average molecular weight is 311 g/mol. The lowest BCUT2D eigenvalue weighted by Gasteiger charge is -2.29. The van der Waals surface area contributed by atoms with Gasteiger partial charge >= 0.3 is 0 Å². The van der Waals surface area contributed by atoms with Crippen LogP contribution in [0, 0.1) is 0 Å². The van der Waals surface area contributed by atoms with E-state index in [2.05, 4.69) is 29.0 Å². The fraction of sp³-hybridized carbons (Fsp3) is 0.368. The first-order valence-electron chi connectivity index (χ1n) is 8.22. The van der Waals surface area contributed by atoms with Crippen molar-refractivity contribution in [2.24, 2.45) is 0 Å². The second-order valence-corrected chi connectivity index (χ2v) is 5.40. The van der Waals surface area contributed by atoms with Gasteiger partial charge in [0.1, 0.15) is 6.04 Å². The van der Waals surface area contributed by atoms with Crippen LogP contribution in [0.25, 0.3) is 0 Å². The minimum atomic E-state index is -0.241. The molecule has 1 aromatic carbocycles. The van der Waals surface area contributed by atoms with Crippen LogP contribution in [0.3, 0.4) is 0 Å².